The number of terminal acetylenes is 1. The molecule has 1 atom stereocenters. The lowest BCUT2D eigenvalue weighted by atomic mass is 10.0. The lowest BCUT2D eigenvalue weighted by molar-refractivity contribution is 0.997. The summed E-state index contributed by atoms with van der Waals surface area (Å²) < 4.78 is 0. The molecule has 15 heavy (non-hydrogen) atoms. The number of nitrogens with zero attached hydrogens (tertiary/aromatic N) is 1. The van der Waals surface area contributed by atoms with Crippen LogP contribution >= 0.6 is 11.6 Å². The maximum atomic E-state index is 6.07. The third kappa shape index (κ3) is 1.82. The van der Waals surface area contributed by atoms with Gasteiger partial charge in [0.15, 0.2) is 0 Å². The number of hydrogen-bond donors (Lipinski definition) is 0. The van der Waals surface area contributed by atoms with Crippen molar-refractivity contribution in [2.75, 3.05) is 0 Å². The molecule has 0 radical (unpaired) electrons. The molecule has 2 rings (SSSR count). The SMILES string of the molecule is C#CC(C)c1cc2ccccc2nc1Cl. The van der Waals surface area contributed by atoms with Crippen LogP contribution in [-0.2, 0) is 0 Å². The second-order valence-electron chi connectivity index (χ2n) is 3.45. The zero-order valence-corrected chi connectivity index (χ0v) is 9.12. The Balaban J connectivity index is 2.68. The van der Waals surface area contributed by atoms with Crippen molar-refractivity contribution in [2.24, 2.45) is 0 Å². The lowest BCUT2D eigenvalue weighted by Gasteiger charge is -2.08. The minimum atomic E-state index is -0.00499. The number of pyridine rings is 1. The maximum Gasteiger partial charge on any atom is 0.134 e. The van der Waals surface area contributed by atoms with Gasteiger partial charge in [0.2, 0.25) is 0 Å². The van der Waals surface area contributed by atoms with E-state index >= 15 is 0 Å². The third-order valence-corrected chi connectivity index (χ3v) is 2.72. The summed E-state index contributed by atoms with van der Waals surface area (Å²) in [6.45, 7) is 1.94. The molecule has 0 N–H and O–H groups in total. The van der Waals surface area contributed by atoms with E-state index in [4.69, 9.17) is 18.0 Å². The van der Waals surface area contributed by atoms with Crippen LogP contribution in [0.3, 0.4) is 0 Å². The second-order valence-corrected chi connectivity index (χ2v) is 3.81. The first-order valence-corrected chi connectivity index (χ1v) is 5.11. The van der Waals surface area contributed by atoms with Crippen LogP contribution in [0.2, 0.25) is 5.15 Å². The molecular formula is C13H10ClN. The van der Waals surface area contributed by atoms with Gasteiger partial charge in [0.1, 0.15) is 5.15 Å². The van der Waals surface area contributed by atoms with Crippen LogP contribution in [0.1, 0.15) is 18.4 Å². The first-order chi connectivity index (χ1) is 7.22. The van der Waals surface area contributed by atoms with Crippen LogP contribution in [0.4, 0.5) is 0 Å². The van der Waals surface area contributed by atoms with Gasteiger partial charge < -0.3 is 0 Å². The Kier molecular flexibility index (Phi) is 2.62. The minimum Gasteiger partial charge on any atom is -0.236 e. The van der Waals surface area contributed by atoms with Crippen LogP contribution in [-0.4, -0.2) is 4.98 Å². The molecule has 0 aliphatic carbocycles. The van der Waals surface area contributed by atoms with Gasteiger partial charge in [-0.25, -0.2) is 4.98 Å². The van der Waals surface area contributed by atoms with Gasteiger partial charge in [-0.05, 0) is 19.1 Å². The van der Waals surface area contributed by atoms with Crippen molar-refractivity contribution in [1.29, 1.82) is 0 Å². The predicted octanol–water partition coefficient (Wildman–Crippen LogP) is 3.62. The summed E-state index contributed by atoms with van der Waals surface area (Å²) in [5.74, 6) is 2.66. The van der Waals surface area contributed by atoms with Crippen LogP contribution in [0, 0.1) is 12.3 Å². The van der Waals surface area contributed by atoms with Crippen LogP contribution in [0.5, 0.6) is 0 Å². The number of para-hydroxylation sites is 1. The number of fused-ring (bicyclic) bond motifs is 1. The molecule has 74 valence electrons. The molecule has 1 heterocycles. The van der Waals surface area contributed by atoms with Gasteiger partial charge in [-0.1, -0.05) is 35.7 Å². The van der Waals surface area contributed by atoms with E-state index in [-0.39, 0.29) is 5.92 Å². The zero-order chi connectivity index (χ0) is 10.8. The standard InChI is InChI=1S/C13H10ClN/c1-3-9(2)11-8-10-6-4-5-7-12(10)15-13(11)14/h1,4-9H,2H3. The van der Waals surface area contributed by atoms with E-state index in [1.807, 2.05) is 37.3 Å². The molecule has 0 amide bonds. The highest BCUT2D eigenvalue weighted by molar-refractivity contribution is 6.30. The second kappa shape index (κ2) is 3.92. The fraction of sp³-hybridized carbons (Fsp3) is 0.154. The first-order valence-electron chi connectivity index (χ1n) is 4.73. The van der Waals surface area contributed by atoms with Gasteiger partial charge in [0, 0.05) is 16.9 Å². The summed E-state index contributed by atoms with van der Waals surface area (Å²) in [4.78, 5) is 4.31. The highest BCUT2D eigenvalue weighted by Gasteiger charge is 2.09. The predicted molar refractivity (Wildman–Crippen MR) is 64.0 cm³/mol. The van der Waals surface area contributed by atoms with E-state index < -0.39 is 0 Å². The molecule has 0 aliphatic rings. The average molecular weight is 216 g/mol. The van der Waals surface area contributed by atoms with Gasteiger partial charge in [-0.2, -0.15) is 0 Å². The Morgan fingerprint density at radius 3 is 2.87 bits per heavy atom. The fourth-order valence-corrected chi connectivity index (χ4v) is 1.81. The molecule has 1 aromatic heterocycles. The van der Waals surface area contributed by atoms with Gasteiger partial charge in [-0.3, -0.25) is 0 Å². The molecule has 2 heteroatoms. The molecule has 0 fully saturated rings. The van der Waals surface area contributed by atoms with Crippen molar-refractivity contribution >= 4 is 22.5 Å². The zero-order valence-electron chi connectivity index (χ0n) is 8.37. The van der Waals surface area contributed by atoms with Crippen molar-refractivity contribution in [3.63, 3.8) is 0 Å². The van der Waals surface area contributed by atoms with Crippen LogP contribution in [0.25, 0.3) is 10.9 Å². The molecule has 0 saturated heterocycles. The number of benzene rings is 1. The van der Waals surface area contributed by atoms with Crippen molar-refractivity contribution < 1.29 is 0 Å². The largest absolute Gasteiger partial charge is 0.236 e. The lowest BCUT2D eigenvalue weighted by Crippen LogP contribution is -1.93. The molecular weight excluding hydrogens is 206 g/mol. The Bertz CT molecular complexity index is 540. The molecule has 0 bridgehead atoms. The molecule has 1 nitrogen and oxygen atoms in total. The monoisotopic (exact) mass is 215 g/mol. The minimum absolute atomic E-state index is 0.00499. The third-order valence-electron chi connectivity index (χ3n) is 2.42. The summed E-state index contributed by atoms with van der Waals surface area (Å²) >= 11 is 6.07. The summed E-state index contributed by atoms with van der Waals surface area (Å²) in [7, 11) is 0. The molecule has 1 aromatic carbocycles. The van der Waals surface area contributed by atoms with Crippen LogP contribution in [0.15, 0.2) is 30.3 Å². The van der Waals surface area contributed by atoms with E-state index in [0.717, 1.165) is 16.5 Å². The molecule has 0 spiro atoms. The van der Waals surface area contributed by atoms with Gasteiger partial charge >= 0.3 is 0 Å². The first kappa shape index (κ1) is 10.0. The number of halogens is 1. The van der Waals surface area contributed by atoms with E-state index in [1.165, 1.54) is 0 Å². The van der Waals surface area contributed by atoms with Crippen LogP contribution < -0.4 is 0 Å². The Hall–Kier alpha value is -1.52. The Morgan fingerprint density at radius 1 is 1.40 bits per heavy atom. The Labute approximate surface area is 94.1 Å². The molecule has 2 aromatic rings. The van der Waals surface area contributed by atoms with Crippen molar-refractivity contribution in [3.05, 3.63) is 41.0 Å². The fourth-order valence-electron chi connectivity index (χ4n) is 1.50. The number of hydrogen-bond acceptors (Lipinski definition) is 1. The maximum absolute atomic E-state index is 6.07. The highest BCUT2D eigenvalue weighted by atomic mass is 35.5. The summed E-state index contributed by atoms with van der Waals surface area (Å²) in [6, 6.07) is 9.87. The van der Waals surface area contributed by atoms with E-state index in [9.17, 15) is 0 Å². The summed E-state index contributed by atoms with van der Waals surface area (Å²) in [5.41, 5.74) is 1.81. The smallest absolute Gasteiger partial charge is 0.134 e. The normalized spacial score (nSPS) is 12.3. The topological polar surface area (TPSA) is 12.9 Å². The van der Waals surface area contributed by atoms with Gasteiger partial charge in [0.05, 0.1) is 5.52 Å². The summed E-state index contributed by atoms with van der Waals surface area (Å²) in [5, 5.41) is 1.57. The Morgan fingerprint density at radius 2 is 2.13 bits per heavy atom. The molecule has 0 aliphatic heterocycles. The number of rotatable bonds is 1. The highest BCUT2D eigenvalue weighted by Crippen LogP contribution is 2.26. The van der Waals surface area contributed by atoms with Crippen molar-refractivity contribution in [1.82, 2.24) is 4.98 Å². The number of aromatic nitrogens is 1. The molecule has 0 saturated carbocycles. The summed E-state index contributed by atoms with van der Waals surface area (Å²) in [6.07, 6.45) is 5.38. The van der Waals surface area contributed by atoms with Gasteiger partial charge in [0.25, 0.3) is 0 Å². The van der Waals surface area contributed by atoms with E-state index in [0.29, 0.717) is 5.15 Å². The van der Waals surface area contributed by atoms with Crippen molar-refractivity contribution in [3.8, 4) is 12.3 Å². The van der Waals surface area contributed by atoms with Gasteiger partial charge in [-0.15, -0.1) is 6.42 Å². The quantitative estimate of drug-likeness (QED) is 0.523. The van der Waals surface area contributed by atoms with Crippen molar-refractivity contribution in [2.45, 2.75) is 12.8 Å². The molecule has 1 unspecified atom stereocenters. The van der Waals surface area contributed by atoms with E-state index in [1.54, 1.807) is 0 Å². The van der Waals surface area contributed by atoms with E-state index in [2.05, 4.69) is 10.9 Å². The average Bonchev–Trinajstić information content (AvgIpc) is 2.27.